The van der Waals surface area contributed by atoms with Crippen LogP contribution < -0.4 is 5.32 Å². The number of benzene rings is 1. The van der Waals surface area contributed by atoms with Gasteiger partial charge in [-0.25, -0.2) is 0 Å². The van der Waals surface area contributed by atoms with E-state index in [0.717, 1.165) is 30.8 Å². The molecule has 1 aromatic carbocycles. The molecule has 0 bridgehead atoms. The summed E-state index contributed by atoms with van der Waals surface area (Å²) in [6.45, 7) is 12.0. The van der Waals surface area contributed by atoms with E-state index in [4.69, 9.17) is 0 Å². The van der Waals surface area contributed by atoms with Gasteiger partial charge in [0, 0.05) is 12.2 Å². The molecule has 1 N–H and O–H groups in total. The van der Waals surface area contributed by atoms with E-state index in [1.54, 1.807) is 0 Å². The van der Waals surface area contributed by atoms with Crippen LogP contribution in [0.15, 0.2) is 36.4 Å². The minimum absolute atomic E-state index is 0.0315. The molecule has 0 fully saturated rings. The Labute approximate surface area is 116 Å². The molecule has 0 radical (unpaired) electrons. The number of hydrogen-bond acceptors (Lipinski definition) is 2. The van der Waals surface area contributed by atoms with Crippen LogP contribution in [0.5, 0.6) is 0 Å². The third-order valence-corrected chi connectivity index (χ3v) is 2.98. The molecule has 1 aromatic rings. The smallest absolute Gasteiger partial charge is 0.238 e. The molecule has 0 aliphatic rings. The molecule has 1 amide bonds. The lowest BCUT2D eigenvalue weighted by molar-refractivity contribution is -0.117. The SMILES string of the molecule is C=C(C)CN(CC)CC(=O)Nc1ccccc1CC. The van der Waals surface area contributed by atoms with Crippen LogP contribution >= 0.6 is 0 Å². The molecule has 104 valence electrons. The lowest BCUT2D eigenvalue weighted by atomic mass is 10.1. The zero-order valence-electron chi connectivity index (χ0n) is 12.2. The Morgan fingerprint density at radius 2 is 1.95 bits per heavy atom. The second kappa shape index (κ2) is 7.74. The quantitative estimate of drug-likeness (QED) is 0.764. The van der Waals surface area contributed by atoms with Gasteiger partial charge in [-0.05, 0) is 31.5 Å². The highest BCUT2D eigenvalue weighted by Gasteiger charge is 2.10. The fourth-order valence-corrected chi connectivity index (χ4v) is 2.00. The minimum Gasteiger partial charge on any atom is -0.325 e. The van der Waals surface area contributed by atoms with Gasteiger partial charge >= 0.3 is 0 Å². The number of carbonyl (C=O) groups is 1. The minimum atomic E-state index is 0.0315. The summed E-state index contributed by atoms with van der Waals surface area (Å²) >= 11 is 0. The molecule has 0 saturated carbocycles. The van der Waals surface area contributed by atoms with Crippen LogP contribution in [0.4, 0.5) is 5.69 Å². The van der Waals surface area contributed by atoms with Gasteiger partial charge in [-0.2, -0.15) is 0 Å². The second-order valence-electron chi connectivity index (χ2n) is 4.82. The van der Waals surface area contributed by atoms with Crippen LogP contribution in [0, 0.1) is 0 Å². The van der Waals surface area contributed by atoms with Crippen LogP contribution in [0.2, 0.25) is 0 Å². The predicted molar refractivity (Wildman–Crippen MR) is 81.4 cm³/mol. The summed E-state index contributed by atoms with van der Waals surface area (Å²) in [4.78, 5) is 14.1. The first-order valence-corrected chi connectivity index (χ1v) is 6.81. The number of para-hydroxylation sites is 1. The van der Waals surface area contributed by atoms with Crippen molar-refractivity contribution in [2.75, 3.05) is 25.0 Å². The first-order chi connectivity index (χ1) is 9.06. The van der Waals surface area contributed by atoms with Crippen molar-refractivity contribution >= 4 is 11.6 Å². The number of carbonyl (C=O) groups excluding carboxylic acids is 1. The molecule has 0 atom stereocenters. The van der Waals surface area contributed by atoms with Crippen molar-refractivity contribution in [1.29, 1.82) is 0 Å². The molecular formula is C16H24N2O. The van der Waals surface area contributed by atoms with Gasteiger partial charge in [-0.3, -0.25) is 9.69 Å². The average molecular weight is 260 g/mol. The number of rotatable bonds is 7. The van der Waals surface area contributed by atoms with E-state index in [9.17, 15) is 4.79 Å². The summed E-state index contributed by atoms with van der Waals surface area (Å²) in [5.41, 5.74) is 3.16. The van der Waals surface area contributed by atoms with Crippen LogP contribution in [0.3, 0.4) is 0 Å². The van der Waals surface area contributed by atoms with Crippen molar-refractivity contribution in [2.24, 2.45) is 0 Å². The summed E-state index contributed by atoms with van der Waals surface area (Å²) < 4.78 is 0. The van der Waals surface area contributed by atoms with Gasteiger partial charge in [0.1, 0.15) is 0 Å². The Balaban J connectivity index is 2.61. The molecule has 0 unspecified atom stereocenters. The lowest BCUT2D eigenvalue weighted by Crippen LogP contribution is -2.34. The predicted octanol–water partition coefficient (Wildman–Crippen LogP) is 3.09. The Morgan fingerprint density at radius 3 is 2.53 bits per heavy atom. The highest BCUT2D eigenvalue weighted by molar-refractivity contribution is 5.93. The van der Waals surface area contributed by atoms with Gasteiger partial charge in [-0.1, -0.05) is 44.2 Å². The molecule has 0 aliphatic heterocycles. The summed E-state index contributed by atoms with van der Waals surface area (Å²) in [6.07, 6.45) is 0.916. The fraction of sp³-hybridized carbons (Fsp3) is 0.438. The third-order valence-electron chi connectivity index (χ3n) is 2.98. The van der Waals surface area contributed by atoms with E-state index in [1.165, 1.54) is 5.56 Å². The largest absolute Gasteiger partial charge is 0.325 e. The number of amides is 1. The maximum atomic E-state index is 12.0. The molecule has 0 aromatic heterocycles. The standard InChI is InChI=1S/C16H24N2O/c1-5-14-9-7-8-10-15(14)17-16(19)12-18(6-2)11-13(3)4/h7-10H,3,5-6,11-12H2,1-2,4H3,(H,17,19). The van der Waals surface area contributed by atoms with Gasteiger partial charge in [0.15, 0.2) is 0 Å². The van der Waals surface area contributed by atoms with Gasteiger partial charge < -0.3 is 5.32 Å². The maximum absolute atomic E-state index is 12.0. The molecule has 1 rings (SSSR count). The van der Waals surface area contributed by atoms with Gasteiger partial charge in [0.25, 0.3) is 0 Å². The van der Waals surface area contributed by atoms with Crippen molar-refractivity contribution in [2.45, 2.75) is 27.2 Å². The van der Waals surface area contributed by atoms with E-state index >= 15 is 0 Å². The molecule has 0 heterocycles. The van der Waals surface area contributed by atoms with Crippen molar-refractivity contribution < 1.29 is 4.79 Å². The number of likely N-dealkylation sites (N-methyl/N-ethyl adjacent to an activating group) is 1. The number of aryl methyl sites for hydroxylation is 1. The van der Waals surface area contributed by atoms with E-state index in [2.05, 4.69) is 30.6 Å². The summed E-state index contributed by atoms with van der Waals surface area (Å²) in [5, 5.41) is 2.99. The van der Waals surface area contributed by atoms with E-state index in [0.29, 0.717) is 6.54 Å². The Morgan fingerprint density at radius 1 is 1.26 bits per heavy atom. The molecule has 3 nitrogen and oxygen atoms in total. The Kier molecular flexibility index (Phi) is 6.30. The van der Waals surface area contributed by atoms with Gasteiger partial charge in [0.2, 0.25) is 5.91 Å². The van der Waals surface area contributed by atoms with Crippen molar-refractivity contribution in [3.63, 3.8) is 0 Å². The van der Waals surface area contributed by atoms with E-state index in [-0.39, 0.29) is 5.91 Å². The van der Waals surface area contributed by atoms with Crippen LogP contribution in [-0.2, 0) is 11.2 Å². The van der Waals surface area contributed by atoms with Crippen molar-refractivity contribution in [3.8, 4) is 0 Å². The molecule has 19 heavy (non-hydrogen) atoms. The van der Waals surface area contributed by atoms with E-state index < -0.39 is 0 Å². The van der Waals surface area contributed by atoms with Gasteiger partial charge in [0.05, 0.1) is 6.54 Å². The van der Waals surface area contributed by atoms with Crippen LogP contribution in [-0.4, -0.2) is 30.4 Å². The van der Waals surface area contributed by atoms with E-state index in [1.807, 2.05) is 31.2 Å². The molecule has 0 aliphatic carbocycles. The summed E-state index contributed by atoms with van der Waals surface area (Å²) in [5.74, 6) is 0.0315. The van der Waals surface area contributed by atoms with Crippen LogP contribution in [0.1, 0.15) is 26.3 Å². The summed E-state index contributed by atoms with van der Waals surface area (Å²) in [7, 11) is 0. The number of nitrogens with one attached hydrogen (secondary N) is 1. The van der Waals surface area contributed by atoms with Gasteiger partial charge in [-0.15, -0.1) is 0 Å². The molecule has 0 saturated heterocycles. The molecule has 3 heteroatoms. The maximum Gasteiger partial charge on any atom is 0.238 e. The second-order valence-corrected chi connectivity index (χ2v) is 4.82. The number of anilines is 1. The first kappa shape index (κ1) is 15.4. The van der Waals surface area contributed by atoms with Crippen molar-refractivity contribution in [1.82, 2.24) is 4.90 Å². The number of nitrogens with zero attached hydrogens (tertiary/aromatic N) is 1. The lowest BCUT2D eigenvalue weighted by Gasteiger charge is -2.20. The normalized spacial score (nSPS) is 10.5. The first-order valence-electron chi connectivity index (χ1n) is 6.81. The Hall–Kier alpha value is -1.61. The van der Waals surface area contributed by atoms with Crippen LogP contribution in [0.25, 0.3) is 0 Å². The topological polar surface area (TPSA) is 32.3 Å². The molecular weight excluding hydrogens is 236 g/mol. The third kappa shape index (κ3) is 5.26. The average Bonchev–Trinajstić information content (AvgIpc) is 2.38. The fourth-order valence-electron chi connectivity index (χ4n) is 2.00. The summed E-state index contributed by atoms with van der Waals surface area (Å²) in [6, 6.07) is 7.93. The highest BCUT2D eigenvalue weighted by Crippen LogP contribution is 2.15. The van der Waals surface area contributed by atoms with Crippen molar-refractivity contribution in [3.05, 3.63) is 42.0 Å². The highest BCUT2D eigenvalue weighted by atomic mass is 16.2. The zero-order valence-corrected chi connectivity index (χ0v) is 12.2. The molecule has 0 spiro atoms. The number of hydrogen-bond donors (Lipinski definition) is 1. The Bertz CT molecular complexity index is 440. The monoisotopic (exact) mass is 260 g/mol. The zero-order chi connectivity index (χ0) is 14.3.